The van der Waals surface area contributed by atoms with Crippen LogP contribution in [0.1, 0.15) is 48.0 Å². The van der Waals surface area contributed by atoms with Crippen LogP contribution in [0.4, 0.5) is 0 Å². The Hall–Kier alpha value is -1.14. The molecule has 1 saturated heterocycles. The molecule has 0 aromatic heterocycles. The molecule has 2 saturated carbocycles. The molecule has 3 fully saturated rings. The quantitative estimate of drug-likeness (QED) is 0.686. The summed E-state index contributed by atoms with van der Waals surface area (Å²) in [5, 5.41) is 0. The van der Waals surface area contributed by atoms with E-state index < -0.39 is 0 Å². The molecule has 1 aromatic carbocycles. The van der Waals surface area contributed by atoms with Crippen molar-refractivity contribution in [3.63, 3.8) is 0 Å². The van der Waals surface area contributed by atoms with Gasteiger partial charge in [0.1, 0.15) is 6.61 Å². The molecule has 4 rings (SSSR count). The summed E-state index contributed by atoms with van der Waals surface area (Å²) in [6, 6.07) is 7.04. The van der Waals surface area contributed by atoms with Gasteiger partial charge < -0.3 is 9.47 Å². The highest BCUT2D eigenvalue weighted by Crippen LogP contribution is 2.64. The van der Waals surface area contributed by atoms with Gasteiger partial charge in [0.05, 0.1) is 22.7 Å². The molecule has 2 bridgehead atoms. The van der Waals surface area contributed by atoms with Crippen molar-refractivity contribution in [2.75, 3.05) is 18.6 Å². The van der Waals surface area contributed by atoms with E-state index >= 15 is 0 Å². The minimum absolute atomic E-state index is 0.0436. The number of hydrogen-bond donors (Lipinski definition) is 0. The van der Waals surface area contributed by atoms with E-state index in [1.165, 1.54) is 37.9 Å². The predicted octanol–water partition coefficient (Wildman–Crippen LogP) is 4.52. The molecule has 2 atom stereocenters. The first-order valence-electron chi connectivity index (χ1n) is 9.74. The summed E-state index contributed by atoms with van der Waals surface area (Å²) in [6.45, 7) is 0.265. The fourth-order valence-corrected chi connectivity index (χ4v) is 8.87. The smallest absolute Gasteiger partial charge is 0.337 e. The molecular formula is C21H26O4S2. The van der Waals surface area contributed by atoms with Gasteiger partial charge in [-0.1, -0.05) is 18.6 Å². The summed E-state index contributed by atoms with van der Waals surface area (Å²) in [5.41, 5.74) is 1.40. The van der Waals surface area contributed by atoms with Gasteiger partial charge in [-0.15, -0.1) is 23.5 Å². The number of carbonyl (C=O) groups is 2. The standard InChI is InChI=1S/C21H26O4S2/c1-24-19(22)15-7-5-14(6-8-15)13-25-20(23)16-11-17-3-2-4-18(12-16)21(17)26-9-10-27-21/h5-8,16-18H,2-4,9-13H2,1H3/t17-,18-/m1/s1. The second kappa shape index (κ2) is 8.08. The summed E-state index contributed by atoms with van der Waals surface area (Å²) in [4.78, 5) is 24.2. The maximum absolute atomic E-state index is 12.7. The normalized spacial score (nSPS) is 28.7. The van der Waals surface area contributed by atoms with Crippen LogP contribution >= 0.6 is 23.5 Å². The molecule has 1 aliphatic heterocycles. The molecule has 27 heavy (non-hydrogen) atoms. The largest absolute Gasteiger partial charge is 0.465 e. The van der Waals surface area contributed by atoms with Crippen LogP contribution in [-0.2, 0) is 20.9 Å². The fourth-order valence-electron chi connectivity index (χ4n) is 4.93. The van der Waals surface area contributed by atoms with Crippen molar-refractivity contribution in [3.05, 3.63) is 35.4 Å². The van der Waals surface area contributed by atoms with E-state index in [4.69, 9.17) is 9.47 Å². The number of methoxy groups -OCH3 is 1. The van der Waals surface area contributed by atoms with Crippen molar-refractivity contribution < 1.29 is 19.1 Å². The number of hydrogen-bond acceptors (Lipinski definition) is 6. The zero-order valence-corrected chi connectivity index (χ0v) is 17.3. The molecule has 1 spiro atoms. The van der Waals surface area contributed by atoms with Gasteiger partial charge in [0, 0.05) is 11.5 Å². The molecule has 0 unspecified atom stereocenters. The molecule has 146 valence electrons. The maximum atomic E-state index is 12.7. The third-order valence-electron chi connectivity index (χ3n) is 6.21. The lowest BCUT2D eigenvalue weighted by atomic mass is 9.67. The summed E-state index contributed by atoms with van der Waals surface area (Å²) < 4.78 is 10.7. The number of thioether (sulfide) groups is 2. The van der Waals surface area contributed by atoms with Crippen LogP contribution in [0.5, 0.6) is 0 Å². The van der Waals surface area contributed by atoms with Crippen LogP contribution in [0.25, 0.3) is 0 Å². The third-order valence-corrected chi connectivity index (χ3v) is 10.2. The fraction of sp³-hybridized carbons (Fsp3) is 0.619. The highest BCUT2D eigenvalue weighted by Gasteiger charge is 2.55. The Morgan fingerprint density at radius 1 is 1.07 bits per heavy atom. The molecule has 2 aliphatic carbocycles. The van der Waals surface area contributed by atoms with Gasteiger partial charge in [-0.05, 0) is 55.2 Å². The monoisotopic (exact) mass is 406 g/mol. The second-order valence-electron chi connectivity index (χ2n) is 7.71. The maximum Gasteiger partial charge on any atom is 0.337 e. The molecular weight excluding hydrogens is 380 g/mol. The number of rotatable bonds is 4. The van der Waals surface area contributed by atoms with Crippen molar-refractivity contribution in [2.24, 2.45) is 17.8 Å². The van der Waals surface area contributed by atoms with Crippen molar-refractivity contribution in [1.29, 1.82) is 0 Å². The Morgan fingerprint density at radius 2 is 1.70 bits per heavy atom. The zero-order valence-electron chi connectivity index (χ0n) is 15.6. The van der Waals surface area contributed by atoms with E-state index in [-0.39, 0.29) is 24.5 Å². The van der Waals surface area contributed by atoms with Crippen LogP contribution in [0.2, 0.25) is 0 Å². The number of carbonyl (C=O) groups excluding carboxylic acids is 2. The van der Waals surface area contributed by atoms with Gasteiger partial charge in [-0.25, -0.2) is 4.79 Å². The van der Waals surface area contributed by atoms with E-state index in [1.807, 2.05) is 12.1 Å². The van der Waals surface area contributed by atoms with Gasteiger partial charge in [-0.3, -0.25) is 4.79 Å². The van der Waals surface area contributed by atoms with Gasteiger partial charge in [-0.2, -0.15) is 0 Å². The van der Waals surface area contributed by atoms with E-state index in [1.54, 1.807) is 12.1 Å². The Kier molecular flexibility index (Phi) is 5.74. The molecule has 1 aromatic rings. The zero-order chi connectivity index (χ0) is 18.9. The minimum atomic E-state index is -0.358. The molecule has 0 N–H and O–H groups in total. The number of ether oxygens (including phenoxy) is 2. The average molecular weight is 407 g/mol. The minimum Gasteiger partial charge on any atom is -0.465 e. The van der Waals surface area contributed by atoms with Gasteiger partial charge in [0.25, 0.3) is 0 Å². The van der Waals surface area contributed by atoms with Crippen molar-refractivity contribution in [3.8, 4) is 0 Å². The molecule has 0 amide bonds. The lowest BCUT2D eigenvalue weighted by Gasteiger charge is -2.51. The number of esters is 2. The van der Waals surface area contributed by atoms with Crippen molar-refractivity contribution >= 4 is 35.5 Å². The summed E-state index contributed by atoms with van der Waals surface area (Å²) in [5.74, 6) is 3.46. The van der Waals surface area contributed by atoms with E-state index in [0.717, 1.165) is 18.4 Å². The Balaban J connectivity index is 1.35. The second-order valence-corrected chi connectivity index (χ2v) is 10.7. The van der Waals surface area contributed by atoms with Gasteiger partial charge in [0.2, 0.25) is 0 Å². The third kappa shape index (κ3) is 3.75. The highest BCUT2D eigenvalue weighted by molar-refractivity contribution is 8.21. The highest BCUT2D eigenvalue weighted by atomic mass is 32.2. The summed E-state index contributed by atoms with van der Waals surface area (Å²) in [7, 11) is 1.37. The van der Waals surface area contributed by atoms with Gasteiger partial charge >= 0.3 is 11.9 Å². The molecule has 6 heteroatoms. The SMILES string of the molecule is COC(=O)c1ccc(COC(=O)C2C[C@H]3CCC[C@H](C2)C32SCCS2)cc1. The summed E-state index contributed by atoms with van der Waals surface area (Å²) >= 11 is 4.32. The first-order valence-corrected chi connectivity index (χ1v) is 11.7. The van der Waals surface area contributed by atoms with Crippen LogP contribution < -0.4 is 0 Å². The lowest BCUT2D eigenvalue weighted by molar-refractivity contribution is -0.152. The average Bonchev–Trinajstić information content (AvgIpc) is 3.15. The topological polar surface area (TPSA) is 52.6 Å². The Labute approximate surface area is 169 Å². The van der Waals surface area contributed by atoms with Crippen LogP contribution in [0.15, 0.2) is 24.3 Å². The summed E-state index contributed by atoms with van der Waals surface area (Å²) in [6.07, 6.45) is 5.80. The van der Waals surface area contributed by atoms with Crippen LogP contribution in [-0.4, -0.2) is 34.6 Å². The molecule has 3 aliphatic rings. The molecule has 1 heterocycles. The van der Waals surface area contributed by atoms with Crippen molar-refractivity contribution in [2.45, 2.75) is 42.8 Å². The molecule has 4 nitrogen and oxygen atoms in total. The first kappa shape index (κ1) is 19.2. The number of benzene rings is 1. The Bertz CT molecular complexity index is 681. The van der Waals surface area contributed by atoms with Crippen LogP contribution in [0.3, 0.4) is 0 Å². The Morgan fingerprint density at radius 3 is 2.30 bits per heavy atom. The molecule has 0 radical (unpaired) electrons. The first-order chi connectivity index (χ1) is 13.1. The lowest BCUT2D eigenvalue weighted by Crippen LogP contribution is -2.48. The van der Waals surface area contributed by atoms with Crippen molar-refractivity contribution in [1.82, 2.24) is 0 Å². The van der Waals surface area contributed by atoms with Gasteiger partial charge in [0.15, 0.2) is 0 Å². The van der Waals surface area contributed by atoms with E-state index in [2.05, 4.69) is 23.5 Å². The van der Waals surface area contributed by atoms with Crippen LogP contribution in [0, 0.1) is 17.8 Å². The van der Waals surface area contributed by atoms with E-state index in [0.29, 0.717) is 21.5 Å². The predicted molar refractivity (Wildman–Crippen MR) is 109 cm³/mol. The van der Waals surface area contributed by atoms with E-state index in [9.17, 15) is 9.59 Å².